The van der Waals surface area contributed by atoms with Crippen LogP contribution in [0.15, 0.2) is 71.8 Å². The first-order valence-corrected chi connectivity index (χ1v) is 10.3. The largest absolute Gasteiger partial charge is 0.493 e. The molecule has 7 nitrogen and oxygen atoms in total. The predicted octanol–water partition coefficient (Wildman–Crippen LogP) is 2.99. The van der Waals surface area contributed by atoms with Crippen molar-refractivity contribution < 1.29 is 31.6 Å². The number of benzene rings is 2. The average Bonchev–Trinajstić information content (AvgIpc) is 2.72. The molecule has 8 heteroatoms. The molecular formula is C21H24O7S. The average molecular weight is 420 g/mol. The van der Waals surface area contributed by atoms with Gasteiger partial charge in [0.1, 0.15) is 12.7 Å². The molecule has 2 aromatic carbocycles. The first-order valence-electron chi connectivity index (χ1n) is 8.88. The number of hydrogen-bond acceptors (Lipinski definition) is 7. The summed E-state index contributed by atoms with van der Waals surface area (Å²) in [4.78, 5) is 11.2. The zero-order valence-electron chi connectivity index (χ0n) is 16.3. The van der Waals surface area contributed by atoms with Gasteiger partial charge in [0, 0.05) is 0 Å². The van der Waals surface area contributed by atoms with Gasteiger partial charge in [0.25, 0.3) is 10.1 Å². The van der Waals surface area contributed by atoms with E-state index in [-0.39, 0.29) is 18.1 Å². The van der Waals surface area contributed by atoms with Crippen molar-refractivity contribution in [1.82, 2.24) is 0 Å². The highest BCUT2D eigenvalue weighted by Crippen LogP contribution is 2.14. The van der Waals surface area contributed by atoms with Crippen LogP contribution in [0.2, 0.25) is 0 Å². The standard InChI is InChI=1S/C21H24O7S/c1-17-8-10-20(11-9-17)29(23,24)28-16-19(27-13-12-21(22)25-2)15-26-14-18-6-4-3-5-7-18/h3-13,19H,14-16H2,1-2H3. The first kappa shape index (κ1) is 22.6. The van der Waals surface area contributed by atoms with E-state index in [9.17, 15) is 13.2 Å². The maximum Gasteiger partial charge on any atom is 0.333 e. The van der Waals surface area contributed by atoms with E-state index < -0.39 is 22.2 Å². The zero-order valence-corrected chi connectivity index (χ0v) is 17.1. The Hall–Kier alpha value is -2.68. The molecule has 0 spiro atoms. The summed E-state index contributed by atoms with van der Waals surface area (Å²) in [6.07, 6.45) is 1.46. The summed E-state index contributed by atoms with van der Waals surface area (Å²) in [6, 6.07) is 15.8. The fraction of sp³-hybridized carbons (Fsp3) is 0.286. The van der Waals surface area contributed by atoms with Crippen molar-refractivity contribution in [2.24, 2.45) is 0 Å². The lowest BCUT2D eigenvalue weighted by atomic mass is 10.2. The van der Waals surface area contributed by atoms with Gasteiger partial charge in [0.15, 0.2) is 0 Å². The van der Waals surface area contributed by atoms with Crippen molar-refractivity contribution in [2.45, 2.75) is 24.5 Å². The smallest absolute Gasteiger partial charge is 0.333 e. The summed E-state index contributed by atoms with van der Waals surface area (Å²) in [5.41, 5.74) is 1.90. The number of rotatable bonds is 11. The van der Waals surface area contributed by atoms with Crippen LogP contribution in [0.1, 0.15) is 11.1 Å². The number of carbonyl (C=O) groups is 1. The normalized spacial score (nSPS) is 12.6. The van der Waals surface area contributed by atoms with Gasteiger partial charge in [-0.2, -0.15) is 8.42 Å². The number of carbonyl (C=O) groups excluding carboxylic acids is 1. The molecule has 0 bridgehead atoms. The molecule has 0 saturated carbocycles. The number of hydrogen-bond donors (Lipinski definition) is 0. The molecule has 2 rings (SSSR count). The molecule has 29 heavy (non-hydrogen) atoms. The summed E-state index contributed by atoms with van der Waals surface area (Å²) in [7, 11) is -2.71. The zero-order chi connectivity index (χ0) is 21.1. The van der Waals surface area contributed by atoms with E-state index >= 15 is 0 Å². The van der Waals surface area contributed by atoms with Crippen molar-refractivity contribution >= 4 is 16.1 Å². The first-order chi connectivity index (χ1) is 13.9. The Morgan fingerprint density at radius 3 is 2.38 bits per heavy atom. The lowest BCUT2D eigenvalue weighted by Crippen LogP contribution is -2.26. The highest BCUT2D eigenvalue weighted by molar-refractivity contribution is 7.86. The van der Waals surface area contributed by atoms with Crippen LogP contribution < -0.4 is 0 Å². The Morgan fingerprint density at radius 2 is 1.72 bits per heavy atom. The van der Waals surface area contributed by atoms with Gasteiger partial charge in [-0.25, -0.2) is 4.79 Å². The van der Waals surface area contributed by atoms with Gasteiger partial charge in [-0.05, 0) is 24.6 Å². The minimum absolute atomic E-state index is 0.0529. The van der Waals surface area contributed by atoms with Gasteiger partial charge in [0.05, 0.1) is 37.6 Å². The Balaban J connectivity index is 1.96. The second kappa shape index (κ2) is 11.4. The SMILES string of the molecule is COC(=O)C=COC(COCc1ccccc1)COS(=O)(=O)c1ccc(C)cc1. The van der Waals surface area contributed by atoms with Crippen molar-refractivity contribution in [3.05, 3.63) is 78.1 Å². The van der Waals surface area contributed by atoms with Crippen LogP contribution in [0.25, 0.3) is 0 Å². The van der Waals surface area contributed by atoms with E-state index in [0.717, 1.165) is 23.5 Å². The summed E-state index contributed by atoms with van der Waals surface area (Å²) < 4.78 is 45.3. The van der Waals surface area contributed by atoms with Crippen LogP contribution in [-0.4, -0.2) is 40.8 Å². The van der Waals surface area contributed by atoms with Gasteiger partial charge in [-0.3, -0.25) is 4.18 Å². The fourth-order valence-corrected chi connectivity index (χ4v) is 3.16. The van der Waals surface area contributed by atoms with Crippen LogP contribution in [0.3, 0.4) is 0 Å². The summed E-state index contributed by atoms with van der Waals surface area (Å²) in [6.45, 7) is 1.96. The molecule has 0 amide bonds. The van der Waals surface area contributed by atoms with Gasteiger partial charge in [-0.15, -0.1) is 0 Å². The quantitative estimate of drug-likeness (QED) is 0.239. The number of methoxy groups -OCH3 is 1. The topological polar surface area (TPSA) is 88.1 Å². The molecule has 0 saturated heterocycles. The Morgan fingerprint density at radius 1 is 1.03 bits per heavy atom. The van der Waals surface area contributed by atoms with E-state index in [1.807, 2.05) is 37.3 Å². The predicted molar refractivity (Wildman–Crippen MR) is 106 cm³/mol. The van der Waals surface area contributed by atoms with Gasteiger partial charge >= 0.3 is 5.97 Å². The third-order valence-corrected chi connectivity index (χ3v) is 5.11. The Labute approximate surface area is 171 Å². The molecule has 0 aromatic heterocycles. The van der Waals surface area contributed by atoms with E-state index in [2.05, 4.69) is 4.74 Å². The molecule has 0 fully saturated rings. The Kier molecular flexibility index (Phi) is 8.85. The minimum Gasteiger partial charge on any atom is -0.493 e. The van der Waals surface area contributed by atoms with Crippen molar-refractivity contribution in [2.75, 3.05) is 20.3 Å². The van der Waals surface area contributed by atoms with Crippen molar-refractivity contribution in [3.63, 3.8) is 0 Å². The molecule has 0 radical (unpaired) electrons. The molecule has 0 heterocycles. The third kappa shape index (κ3) is 8.06. The van der Waals surface area contributed by atoms with Crippen LogP contribution in [0, 0.1) is 6.92 Å². The van der Waals surface area contributed by atoms with Gasteiger partial charge < -0.3 is 14.2 Å². The van der Waals surface area contributed by atoms with Crippen LogP contribution >= 0.6 is 0 Å². The van der Waals surface area contributed by atoms with Crippen LogP contribution in [0.5, 0.6) is 0 Å². The molecule has 1 atom stereocenters. The van der Waals surface area contributed by atoms with Gasteiger partial charge in [-0.1, -0.05) is 48.0 Å². The molecule has 156 valence electrons. The van der Waals surface area contributed by atoms with Crippen molar-refractivity contribution in [3.8, 4) is 0 Å². The summed E-state index contributed by atoms with van der Waals surface area (Å²) in [5.74, 6) is -0.595. The molecule has 0 aliphatic rings. The Bertz CT molecular complexity index is 890. The monoisotopic (exact) mass is 420 g/mol. The van der Waals surface area contributed by atoms with Crippen LogP contribution in [-0.2, 0) is 39.9 Å². The third-order valence-electron chi connectivity index (χ3n) is 3.81. The highest BCUT2D eigenvalue weighted by Gasteiger charge is 2.19. The van der Waals surface area contributed by atoms with Gasteiger partial charge in [0.2, 0.25) is 0 Å². The molecule has 2 aromatic rings. The van der Waals surface area contributed by atoms with Crippen LogP contribution in [0.4, 0.5) is 0 Å². The fourth-order valence-electron chi connectivity index (χ4n) is 2.22. The highest BCUT2D eigenvalue weighted by atomic mass is 32.2. The van der Waals surface area contributed by atoms with E-state index in [0.29, 0.717) is 6.61 Å². The van der Waals surface area contributed by atoms with E-state index in [4.69, 9.17) is 13.7 Å². The summed E-state index contributed by atoms with van der Waals surface area (Å²) >= 11 is 0. The maximum atomic E-state index is 12.4. The maximum absolute atomic E-state index is 12.4. The number of ether oxygens (including phenoxy) is 3. The molecule has 1 unspecified atom stereocenters. The molecule has 0 aliphatic heterocycles. The lowest BCUT2D eigenvalue weighted by Gasteiger charge is -2.17. The molecular weight excluding hydrogens is 396 g/mol. The van der Waals surface area contributed by atoms with E-state index in [1.165, 1.54) is 19.2 Å². The second-order valence-corrected chi connectivity index (χ2v) is 7.75. The molecule has 0 N–H and O–H groups in total. The lowest BCUT2D eigenvalue weighted by molar-refractivity contribution is -0.135. The summed E-state index contributed by atoms with van der Waals surface area (Å²) in [5, 5.41) is 0. The number of esters is 1. The van der Waals surface area contributed by atoms with Crippen molar-refractivity contribution in [1.29, 1.82) is 0 Å². The second-order valence-electron chi connectivity index (χ2n) is 6.14. The minimum atomic E-state index is -3.95. The number of aryl methyl sites for hydroxylation is 1. The van der Waals surface area contributed by atoms with E-state index in [1.54, 1.807) is 12.1 Å². The molecule has 0 aliphatic carbocycles.